The molecule has 22 heavy (non-hydrogen) atoms. The Morgan fingerprint density at radius 3 is 1.95 bits per heavy atom. The minimum absolute atomic E-state index is 0.0796. The van der Waals surface area contributed by atoms with E-state index in [1.54, 1.807) is 6.07 Å². The van der Waals surface area contributed by atoms with Crippen LogP contribution in [-0.2, 0) is 4.79 Å². The SMILES string of the molecule is O=C(O)C(=C(O)[C@H](O)[C@@H](O)[C@H](O)[C@H](O)CO)c1ccccc1. The van der Waals surface area contributed by atoms with Crippen LogP contribution in [0.25, 0.3) is 5.57 Å². The lowest BCUT2D eigenvalue weighted by Crippen LogP contribution is -2.46. The molecule has 0 radical (unpaired) electrons. The van der Waals surface area contributed by atoms with Crippen LogP contribution in [0.1, 0.15) is 5.56 Å². The predicted molar refractivity (Wildman–Crippen MR) is 74.7 cm³/mol. The molecule has 122 valence electrons. The van der Waals surface area contributed by atoms with Crippen LogP contribution in [0.4, 0.5) is 0 Å². The number of carbonyl (C=O) groups is 1. The first-order valence-corrected chi connectivity index (χ1v) is 6.36. The summed E-state index contributed by atoms with van der Waals surface area (Å²) >= 11 is 0. The summed E-state index contributed by atoms with van der Waals surface area (Å²) in [5, 5.41) is 65.9. The van der Waals surface area contributed by atoms with Crippen molar-refractivity contribution in [1.29, 1.82) is 0 Å². The van der Waals surface area contributed by atoms with Crippen LogP contribution in [0, 0.1) is 0 Å². The molecular weight excluding hydrogens is 296 g/mol. The fraction of sp³-hybridized carbons (Fsp3) is 0.357. The van der Waals surface area contributed by atoms with Crippen molar-refractivity contribution < 1.29 is 40.5 Å². The molecular formula is C14H18O8. The summed E-state index contributed by atoms with van der Waals surface area (Å²) in [7, 11) is 0. The van der Waals surface area contributed by atoms with E-state index in [1.807, 2.05) is 0 Å². The smallest absolute Gasteiger partial charge is 0.339 e. The van der Waals surface area contributed by atoms with E-state index in [0.717, 1.165) is 0 Å². The number of hydrogen-bond donors (Lipinski definition) is 7. The Bertz CT molecular complexity index is 527. The molecule has 0 aliphatic carbocycles. The second-order valence-corrected chi connectivity index (χ2v) is 4.61. The van der Waals surface area contributed by atoms with Crippen molar-refractivity contribution in [2.75, 3.05) is 6.61 Å². The summed E-state index contributed by atoms with van der Waals surface area (Å²) in [6.07, 6.45) is -8.00. The lowest BCUT2D eigenvalue weighted by atomic mass is 9.96. The summed E-state index contributed by atoms with van der Waals surface area (Å²) in [6.45, 7) is -0.889. The highest BCUT2D eigenvalue weighted by Gasteiger charge is 2.34. The van der Waals surface area contributed by atoms with Gasteiger partial charge in [-0.3, -0.25) is 0 Å². The zero-order chi connectivity index (χ0) is 16.9. The van der Waals surface area contributed by atoms with Gasteiger partial charge in [-0.2, -0.15) is 0 Å². The minimum Gasteiger partial charge on any atom is -0.509 e. The molecule has 0 bridgehead atoms. The fourth-order valence-electron chi connectivity index (χ4n) is 1.82. The van der Waals surface area contributed by atoms with Crippen LogP contribution in [-0.4, -0.2) is 72.7 Å². The van der Waals surface area contributed by atoms with E-state index < -0.39 is 48.3 Å². The van der Waals surface area contributed by atoms with Crippen LogP contribution < -0.4 is 0 Å². The highest BCUT2D eigenvalue weighted by Crippen LogP contribution is 2.22. The first kappa shape index (κ1) is 18.1. The van der Waals surface area contributed by atoms with Crippen LogP contribution in [0.3, 0.4) is 0 Å². The molecule has 8 heteroatoms. The van der Waals surface area contributed by atoms with Gasteiger partial charge < -0.3 is 35.7 Å². The molecule has 1 rings (SSSR count). The van der Waals surface area contributed by atoms with E-state index in [0.29, 0.717) is 0 Å². The number of hydrogen-bond acceptors (Lipinski definition) is 7. The number of carboxylic acid groups (broad SMARTS) is 1. The average Bonchev–Trinajstić information content (AvgIpc) is 2.52. The molecule has 0 aromatic heterocycles. The van der Waals surface area contributed by atoms with Gasteiger partial charge in [-0.25, -0.2) is 4.79 Å². The molecule has 0 aliphatic rings. The normalized spacial score (nSPS) is 18.0. The molecule has 0 unspecified atom stereocenters. The van der Waals surface area contributed by atoms with Crippen molar-refractivity contribution in [1.82, 2.24) is 0 Å². The Morgan fingerprint density at radius 2 is 1.50 bits per heavy atom. The minimum atomic E-state index is -2.16. The van der Waals surface area contributed by atoms with Gasteiger partial charge in [0.25, 0.3) is 0 Å². The second kappa shape index (κ2) is 7.87. The second-order valence-electron chi connectivity index (χ2n) is 4.61. The standard InChI is InChI=1S/C14H18O8/c15-6-8(16)10(17)12(19)13(20)11(18)9(14(21)22)7-4-2-1-3-5-7/h1-5,8,10,12-13,15-20H,6H2,(H,21,22)/t8-,10-,12+,13+/m1/s1. The van der Waals surface area contributed by atoms with E-state index >= 15 is 0 Å². The third-order valence-corrected chi connectivity index (χ3v) is 3.07. The van der Waals surface area contributed by atoms with E-state index in [-0.39, 0.29) is 5.56 Å². The molecule has 0 spiro atoms. The maximum Gasteiger partial charge on any atom is 0.339 e. The van der Waals surface area contributed by atoms with Gasteiger partial charge in [-0.05, 0) is 5.56 Å². The van der Waals surface area contributed by atoms with E-state index in [9.17, 15) is 30.3 Å². The summed E-state index contributed by atoms with van der Waals surface area (Å²) in [6, 6.07) is 7.39. The van der Waals surface area contributed by atoms with Gasteiger partial charge >= 0.3 is 5.97 Å². The third-order valence-electron chi connectivity index (χ3n) is 3.07. The van der Waals surface area contributed by atoms with Crippen LogP contribution in [0.5, 0.6) is 0 Å². The molecule has 8 nitrogen and oxygen atoms in total. The molecule has 0 saturated carbocycles. The number of benzene rings is 1. The van der Waals surface area contributed by atoms with Crippen molar-refractivity contribution in [3.05, 3.63) is 41.7 Å². The number of aliphatic hydroxyl groups is 6. The van der Waals surface area contributed by atoms with Crippen molar-refractivity contribution in [3.63, 3.8) is 0 Å². The summed E-state index contributed by atoms with van der Waals surface area (Å²) in [4.78, 5) is 11.3. The molecule has 0 amide bonds. The van der Waals surface area contributed by atoms with Gasteiger partial charge in [0.1, 0.15) is 35.7 Å². The van der Waals surface area contributed by atoms with Gasteiger partial charge in [0.15, 0.2) is 0 Å². The highest BCUT2D eigenvalue weighted by atomic mass is 16.4. The van der Waals surface area contributed by atoms with E-state index in [4.69, 9.17) is 10.2 Å². The Hall–Kier alpha value is -1.97. The van der Waals surface area contributed by atoms with Crippen LogP contribution >= 0.6 is 0 Å². The largest absolute Gasteiger partial charge is 0.509 e. The maximum atomic E-state index is 11.3. The first-order chi connectivity index (χ1) is 10.3. The summed E-state index contributed by atoms with van der Waals surface area (Å²) in [5.74, 6) is -2.62. The summed E-state index contributed by atoms with van der Waals surface area (Å²) < 4.78 is 0. The van der Waals surface area contributed by atoms with Gasteiger partial charge in [0.05, 0.1) is 6.61 Å². The van der Waals surface area contributed by atoms with Gasteiger partial charge in [-0.15, -0.1) is 0 Å². The van der Waals surface area contributed by atoms with Crippen molar-refractivity contribution in [2.24, 2.45) is 0 Å². The molecule has 0 saturated heterocycles. The van der Waals surface area contributed by atoms with E-state index in [2.05, 4.69) is 0 Å². The fourth-order valence-corrected chi connectivity index (χ4v) is 1.82. The van der Waals surface area contributed by atoms with E-state index in [1.165, 1.54) is 24.3 Å². The predicted octanol–water partition coefficient (Wildman–Crippen LogP) is -1.52. The first-order valence-electron chi connectivity index (χ1n) is 6.36. The van der Waals surface area contributed by atoms with Crippen molar-refractivity contribution in [2.45, 2.75) is 24.4 Å². The number of aliphatic carboxylic acids is 1. The van der Waals surface area contributed by atoms with Crippen molar-refractivity contribution >= 4 is 11.5 Å². The summed E-state index contributed by atoms with van der Waals surface area (Å²) in [5.41, 5.74) is -0.575. The Morgan fingerprint density at radius 1 is 0.955 bits per heavy atom. The average molecular weight is 314 g/mol. The number of aliphatic hydroxyl groups excluding tert-OH is 6. The molecule has 7 N–H and O–H groups in total. The Balaban J connectivity index is 3.16. The topological polar surface area (TPSA) is 159 Å². The Labute approximate surface area is 125 Å². The molecule has 1 aromatic carbocycles. The molecule has 0 fully saturated rings. The van der Waals surface area contributed by atoms with Crippen LogP contribution in [0.2, 0.25) is 0 Å². The Kier molecular flexibility index (Phi) is 6.47. The highest BCUT2D eigenvalue weighted by molar-refractivity contribution is 6.16. The number of carboxylic acids is 1. The third kappa shape index (κ3) is 4.03. The quantitative estimate of drug-likeness (QED) is 0.236. The lowest BCUT2D eigenvalue weighted by molar-refractivity contribution is -0.131. The monoisotopic (exact) mass is 314 g/mol. The molecule has 0 aliphatic heterocycles. The molecule has 1 aromatic rings. The maximum absolute atomic E-state index is 11.3. The molecule has 4 atom stereocenters. The zero-order valence-electron chi connectivity index (χ0n) is 11.4. The lowest BCUT2D eigenvalue weighted by Gasteiger charge is -2.25. The number of rotatable bonds is 7. The van der Waals surface area contributed by atoms with Crippen LogP contribution in [0.15, 0.2) is 36.1 Å². The van der Waals surface area contributed by atoms with Crippen molar-refractivity contribution in [3.8, 4) is 0 Å². The zero-order valence-corrected chi connectivity index (χ0v) is 11.4. The van der Waals surface area contributed by atoms with Gasteiger partial charge in [-0.1, -0.05) is 30.3 Å². The van der Waals surface area contributed by atoms with Gasteiger partial charge in [0.2, 0.25) is 0 Å². The molecule has 0 heterocycles. The van der Waals surface area contributed by atoms with Gasteiger partial charge in [0, 0.05) is 0 Å².